The van der Waals surface area contributed by atoms with Crippen LogP contribution in [0, 0.1) is 17.8 Å². The van der Waals surface area contributed by atoms with Crippen molar-refractivity contribution in [2.45, 2.75) is 45.7 Å². The van der Waals surface area contributed by atoms with E-state index in [9.17, 15) is 0 Å². The first-order valence-corrected chi connectivity index (χ1v) is 15.4. The Morgan fingerprint density at radius 2 is 1.27 bits per heavy atom. The molecule has 1 heterocycles. The standard InChI is InChI=1S/C31H34P2/c1-22(2)27-20-19-23(3)21-28(27)33-31(26-17-11-6-12-18-26)29(24-13-7-4-8-14-24)30(32-33)25-15-9-5-10-16-25/h4-18,22-23,27-28H,19-21H2,1-3H3/t23-,27+,28+,33?/m1/s1. The Hall–Kier alpha value is -2.13. The molecule has 0 N–H and O–H groups in total. The highest BCUT2D eigenvalue weighted by Gasteiger charge is 2.35. The first kappa shape index (κ1) is 22.7. The van der Waals surface area contributed by atoms with Crippen LogP contribution in [-0.2, 0) is 0 Å². The lowest BCUT2D eigenvalue weighted by molar-refractivity contribution is 0.225. The SMILES string of the molecule is CC(C)[C@@H]1CC[C@@H](C)C[C@@H]1p1pc(-c2ccccc2)c(-c2ccccc2)c1-c1ccccc1. The van der Waals surface area contributed by atoms with E-state index in [2.05, 4.69) is 112 Å². The largest absolute Gasteiger partial charge is 0.0832 e. The molecule has 3 aromatic carbocycles. The van der Waals surface area contributed by atoms with Gasteiger partial charge >= 0.3 is 0 Å². The highest BCUT2D eigenvalue weighted by Crippen LogP contribution is 2.70. The molecule has 4 atom stereocenters. The van der Waals surface area contributed by atoms with Crippen LogP contribution in [0.15, 0.2) is 91.0 Å². The van der Waals surface area contributed by atoms with Crippen molar-refractivity contribution in [1.82, 2.24) is 0 Å². The van der Waals surface area contributed by atoms with Crippen LogP contribution in [0.3, 0.4) is 0 Å². The number of benzene rings is 3. The molecular formula is C31H34P2. The fraction of sp³-hybridized carbons (Fsp3) is 0.323. The Morgan fingerprint density at radius 1 is 0.727 bits per heavy atom. The summed E-state index contributed by atoms with van der Waals surface area (Å²) in [5.41, 5.74) is 6.49. The molecular weight excluding hydrogens is 434 g/mol. The summed E-state index contributed by atoms with van der Waals surface area (Å²) in [5, 5.41) is 3.18. The van der Waals surface area contributed by atoms with E-state index in [1.165, 1.54) is 46.8 Å². The molecule has 1 unspecified atom stereocenters. The van der Waals surface area contributed by atoms with Crippen molar-refractivity contribution in [3.8, 4) is 32.8 Å². The molecule has 0 nitrogen and oxygen atoms in total. The van der Waals surface area contributed by atoms with E-state index in [1.54, 1.807) is 13.2 Å². The van der Waals surface area contributed by atoms with Crippen LogP contribution in [0.2, 0.25) is 0 Å². The number of hydrogen-bond acceptors (Lipinski definition) is 0. The quantitative estimate of drug-likeness (QED) is 0.273. The summed E-state index contributed by atoms with van der Waals surface area (Å²) in [6, 6.07) is 33.6. The van der Waals surface area contributed by atoms with E-state index < -0.39 is 0 Å². The Balaban J connectivity index is 1.82. The molecule has 1 aromatic heterocycles. The molecule has 0 bridgehead atoms. The second kappa shape index (κ2) is 10.0. The first-order chi connectivity index (χ1) is 16.1. The molecule has 1 aliphatic carbocycles. The average Bonchev–Trinajstić information content (AvgIpc) is 3.26. The predicted octanol–water partition coefficient (Wildman–Crippen LogP) is 10.9. The Labute approximate surface area is 202 Å². The van der Waals surface area contributed by atoms with Gasteiger partial charge in [-0.2, -0.15) is 0 Å². The van der Waals surface area contributed by atoms with Crippen molar-refractivity contribution in [2.75, 3.05) is 0 Å². The molecule has 1 fully saturated rings. The third-order valence-electron chi connectivity index (χ3n) is 7.37. The van der Waals surface area contributed by atoms with Crippen molar-refractivity contribution >= 4 is 15.1 Å². The maximum Gasteiger partial charge on any atom is 0.0218 e. The molecule has 0 aliphatic heterocycles. The molecule has 168 valence electrons. The minimum absolute atomic E-state index is 0.312. The number of rotatable bonds is 5. The summed E-state index contributed by atoms with van der Waals surface area (Å²) in [7, 11) is 1.23. The van der Waals surface area contributed by atoms with Crippen LogP contribution >= 0.6 is 15.1 Å². The summed E-state index contributed by atoms with van der Waals surface area (Å²) in [6.07, 6.45) is 4.16. The summed E-state index contributed by atoms with van der Waals surface area (Å²) in [5.74, 6) is 2.41. The van der Waals surface area contributed by atoms with Gasteiger partial charge in [0.15, 0.2) is 0 Å². The smallest absolute Gasteiger partial charge is 0.0218 e. The van der Waals surface area contributed by atoms with Gasteiger partial charge in [-0.25, -0.2) is 0 Å². The Kier molecular flexibility index (Phi) is 6.87. The summed E-state index contributed by atoms with van der Waals surface area (Å²) in [4.78, 5) is 0. The molecule has 33 heavy (non-hydrogen) atoms. The lowest BCUT2D eigenvalue weighted by Gasteiger charge is -2.38. The van der Waals surface area contributed by atoms with E-state index in [-0.39, 0.29) is 7.21 Å². The van der Waals surface area contributed by atoms with Gasteiger partial charge in [-0.1, -0.05) is 125 Å². The van der Waals surface area contributed by atoms with Crippen molar-refractivity contribution in [1.29, 1.82) is 0 Å². The maximum absolute atomic E-state index is 2.48. The van der Waals surface area contributed by atoms with E-state index in [4.69, 9.17) is 0 Å². The van der Waals surface area contributed by atoms with Gasteiger partial charge in [0.2, 0.25) is 0 Å². The molecule has 5 rings (SSSR count). The van der Waals surface area contributed by atoms with Gasteiger partial charge in [0.05, 0.1) is 0 Å². The molecule has 0 saturated heterocycles. The topological polar surface area (TPSA) is 0 Å². The molecule has 1 aliphatic rings. The van der Waals surface area contributed by atoms with Gasteiger partial charge in [0, 0.05) is 21.8 Å². The van der Waals surface area contributed by atoms with Crippen LogP contribution in [0.25, 0.3) is 32.8 Å². The van der Waals surface area contributed by atoms with Crippen LogP contribution in [0.4, 0.5) is 0 Å². The Bertz CT molecular complexity index is 1180. The van der Waals surface area contributed by atoms with Gasteiger partial charge in [0.1, 0.15) is 0 Å². The molecule has 0 radical (unpaired) electrons. The third-order valence-corrected chi connectivity index (χ3v) is 13.2. The van der Waals surface area contributed by atoms with Gasteiger partial charge < -0.3 is 0 Å². The average molecular weight is 469 g/mol. The van der Waals surface area contributed by atoms with Crippen molar-refractivity contribution in [2.24, 2.45) is 17.8 Å². The van der Waals surface area contributed by atoms with Crippen molar-refractivity contribution < 1.29 is 0 Å². The molecule has 0 spiro atoms. The normalized spacial score (nSPS) is 21.6. The van der Waals surface area contributed by atoms with E-state index in [0.717, 1.165) is 23.4 Å². The van der Waals surface area contributed by atoms with Crippen LogP contribution in [-0.4, -0.2) is 0 Å². The summed E-state index contributed by atoms with van der Waals surface area (Å²) >= 11 is 0. The van der Waals surface area contributed by atoms with Crippen LogP contribution in [0.1, 0.15) is 45.7 Å². The highest BCUT2D eigenvalue weighted by molar-refractivity contribution is 8.03. The Morgan fingerprint density at radius 3 is 1.85 bits per heavy atom. The molecule has 2 heteroatoms. The minimum Gasteiger partial charge on any atom is -0.0832 e. The van der Waals surface area contributed by atoms with Gasteiger partial charge in [-0.15, -0.1) is 0 Å². The zero-order valence-corrected chi connectivity index (χ0v) is 21.8. The van der Waals surface area contributed by atoms with E-state index >= 15 is 0 Å². The van der Waals surface area contributed by atoms with Crippen LogP contribution < -0.4 is 0 Å². The van der Waals surface area contributed by atoms with E-state index in [0.29, 0.717) is 0 Å². The van der Waals surface area contributed by atoms with Gasteiger partial charge in [-0.3, -0.25) is 0 Å². The van der Waals surface area contributed by atoms with E-state index in [1.807, 2.05) is 0 Å². The second-order valence-electron chi connectivity index (χ2n) is 10.0. The lowest BCUT2D eigenvalue weighted by atomic mass is 9.77. The number of hydrogen-bond donors (Lipinski definition) is 0. The predicted molar refractivity (Wildman–Crippen MR) is 148 cm³/mol. The van der Waals surface area contributed by atoms with Gasteiger partial charge in [0.25, 0.3) is 0 Å². The van der Waals surface area contributed by atoms with Crippen molar-refractivity contribution in [3.63, 3.8) is 0 Å². The zero-order valence-electron chi connectivity index (χ0n) is 20.0. The summed E-state index contributed by atoms with van der Waals surface area (Å²) < 4.78 is 0. The molecule has 0 amide bonds. The molecule has 4 aromatic rings. The lowest BCUT2D eigenvalue weighted by Crippen LogP contribution is -2.22. The monoisotopic (exact) mass is 468 g/mol. The molecule has 1 saturated carbocycles. The maximum atomic E-state index is 2.48. The fourth-order valence-electron chi connectivity index (χ4n) is 5.66. The fourth-order valence-corrected chi connectivity index (χ4v) is 12.9. The highest BCUT2D eigenvalue weighted by atomic mass is 31.9. The third kappa shape index (κ3) is 4.62. The summed E-state index contributed by atoms with van der Waals surface area (Å²) in [6.45, 7) is 7.40. The van der Waals surface area contributed by atoms with Gasteiger partial charge in [-0.05, 0) is 55.2 Å². The second-order valence-corrected chi connectivity index (χ2v) is 14.3. The zero-order chi connectivity index (χ0) is 22.8. The van der Waals surface area contributed by atoms with Crippen molar-refractivity contribution in [3.05, 3.63) is 91.0 Å². The van der Waals surface area contributed by atoms with Crippen LogP contribution in [0.5, 0.6) is 0 Å². The minimum atomic E-state index is -0.312. The first-order valence-electron chi connectivity index (χ1n) is 12.4.